The Bertz CT molecular complexity index is 900. The normalized spacial score (nSPS) is 18.3. The van der Waals surface area contributed by atoms with Gasteiger partial charge in [-0.1, -0.05) is 0 Å². The molecule has 1 aromatic heterocycles. The van der Waals surface area contributed by atoms with Crippen molar-refractivity contribution < 1.29 is 13.2 Å². The number of carbonyl (C=O) groups excluding carboxylic acids is 1. The molecular weight excluding hydrogens is 356 g/mol. The number of aromatic nitrogens is 3. The lowest BCUT2D eigenvalue weighted by Gasteiger charge is -2.24. The van der Waals surface area contributed by atoms with E-state index in [1.54, 1.807) is 24.3 Å². The van der Waals surface area contributed by atoms with Crippen LogP contribution in [0.25, 0.3) is 0 Å². The van der Waals surface area contributed by atoms with Crippen LogP contribution >= 0.6 is 0 Å². The number of amides is 1. The highest BCUT2D eigenvalue weighted by Gasteiger charge is 2.31. The first-order valence-corrected chi connectivity index (χ1v) is 9.92. The molecule has 9 nitrogen and oxygen atoms in total. The van der Waals surface area contributed by atoms with Gasteiger partial charge in [0.25, 0.3) is 0 Å². The molecule has 2 heterocycles. The molecule has 0 spiro atoms. The molecule has 2 N–H and O–H groups in total. The lowest BCUT2D eigenvalue weighted by Crippen LogP contribution is -2.33. The molecular formula is C16H20N6O3S. The van der Waals surface area contributed by atoms with Crippen LogP contribution in [0.3, 0.4) is 0 Å². The zero-order chi connectivity index (χ0) is 18.7. The number of hydrogen-bond donors (Lipinski definition) is 2. The summed E-state index contributed by atoms with van der Waals surface area (Å²) < 4.78 is 23.3. The van der Waals surface area contributed by atoms with Gasteiger partial charge in [0.2, 0.25) is 11.9 Å². The minimum atomic E-state index is -2.97. The molecule has 2 aromatic rings. The summed E-state index contributed by atoms with van der Waals surface area (Å²) in [4.78, 5) is 17.3. The molecule has 1 aliphatic rings. The average molecular weight is 376 g/mol. The summed E-state index contributed by atoms with van der Waals surface area (Å²) >= 11 is 0. The molecule has 1 aliphatic heterocycles. The van der Waals surface area contributed by atoms with Crippen LogP contribution in [-0.2, 0) is 14.6 Å². The summed E-state index contributed by atoms with van der Waals surface area (Å²) in [6, 6.07) is 6.98. The highest BCUT2D eigenvalue weighted by atomic mass is 32.2. The quantitative estimate of drug-likeness (QED) is 0.799. The van der Waals surface area contributed by atoms with E-state index in [0.717, 1.165) is 5.69 Å². The molecule has 1 saturated heterocycles. The van der Waals surface area contributed by atoms with Gasteiger partial charge >= 0.3 is 0 Å². The van der Waals surface area contributed by atoms with Crippen LogP contribution in [0.2, 0.25) is 0 Å². The van der Waals surface area contributed by atoms with Gasteiger partial charge in [-0.2, -0.15) is 10.1 Å². The summed E-state index contributed by atoms with van der Waals surface area (Å²) in [5.74, 6) is 1.05. The van der Waals surface area contributed by atoms with E-state index in [2.05, 4.69) is 25.8 Å². The van der Waals surface area contributed by atoms with Crippen LogP contribution < -0.4 is 15.5 Å². The van der Waals surface area contributed by atoms with E-state index in [9.17, 15) is 13.2 Å². The molecule has 0 saturated carbocycles. The maximum atomic E-state index is 11.7. The summed E-state index contributed by atoms with van der Waals surface area (Å²) in [6.45, 7) is 1.45. The third kappa shape index (κ3) is 4.45. The van der Waals surface area contributed by atoms with Gasteiger partial charge in [-0.05, 0) is 30.7 Å². The van der Waals surface area contributed by atoms with Crippen molar-refractivity contribution in [3.63, 3.8) is 0 Å². The Kier molecular flexibility index (Phi) is 5.03. The van der Waals surface area contributed by atoms with Gasteiger partial charge in [0, 0.05) is 31.4 Å². The number of carbonyl (C=O) groups is 1. The fraction of sp³-hybridized carbons (Fsp3) is 0.375. The second-order valence-electron chi connectivity index (χ2n) is 6.19. The largest absolute Gasteiger partial charge is 0.354 e. The molecule has 3 rings (SSSR count). The monoisotopic (exact) mass is 376 g/mol. The molecule has 1 fully saturated rings. The van der Waals surface area contributed by atoms with Crippen molar-refractivity contribution >= 4 is 38.9 Å². The first-order chi connectivity index (χ1) is 12.3. The van der Waals surface area contributed by atoms with Gasteiger partial charge in [0.1, 0.15) is 0 Å². The number of hydrogen-bond acceptors (Lipinski definition) is 8. The van der Waals surface area contributed by atoms with E-state index in [1.165, 1.54) is 13.1 Å². The fourth-order valence-corrected chi connectivity index (χ4v) is 4.53. The first-order valence-electron chi connectivity index (χ1n) is 8.10. The highest BCUT2D eigenvalue weighted by Crippen LogP contribution is 2.22. The van der Waals surface area contributed by atoms with Gasteiger partial charge in [0.05, 0.1) is 17.7 Å². The second-order valence-corrected chi connectivity index (χ2v) is 8.42. The maximum Gasteiger partial charge on any atom is 0.249 e. The van der Waals surface area contributed by atoms with Crippen molar-refractivity contribution in [1.82, 2.24) is 15.2 Å². The number of anilines is 4. The minimum Gasteiger partial charge on any atom is -0.354 e. The summed E-state index contributed by atoms with van der Waals surface area (Å²) in [7, 11) is -1.16. The predicted molar refractivity (Wildman–Crippen MR) is 99.3 cm³/mol. The van der Waals surface area contributed by atoms with Crippen molar-refractivity contribution in [2.45, 2.75) is 19.4 Å². The van der Waals surface area contributed by atoms with Gasteiger partial charge in [-0.25, -0.2) is 8.42 Å². The lowest BCUT2D eigenvalue weighted by atomic mass is 10.2. The van der Waals surface area contributed by atoms with Crippen molar-refractivity contribution in [3.8, 4) is 0 Å². The van der Waals surface area contributed by atoms with Crippen molar-refractivity contribution in [3.05, 3.63) is 30.5 Å². The number of benzene rings is 1. The van der Waals surface area contributed by atoms with Gasteiger partial charge in [0.15, 0.2) is 15.7 Å². The van der Waals surface area contributed by atoms with Crippen LogP contribution in [0, 0.1) is 0 Å². The fourth-order valence-electron chi connectivity index (χ4n) is 2.75. The second kappa shape index (κ2) is 7.24. The number of nitrogens with one attached hydrogen (secondary N) is 2. The molecule has 26 heavy (non-hydrogen) atoms. The standard InChI is InChI=1S/C16H20N6O3S/c1-11(23)18-12-3-5-13(6-4-12)19-16-20-15(9-17-21-16)22(2)14-7-8-26(24,25)10-14/h3-6,9,14H,7-8,10H2,1-2H3,(H,18,23)(H,19,20,21). The van der Waals surface area contributed by atoms with Crippen molar-refractivity contribution in [2.75, 3.05) is 34.1 Å². The number of sulfone groups is 1. The van der Waals surface area contributed by atoms with Crippen molar-refractivity contribution in [1.29, 1.82) is 0 Å². The Labute approximate surface area is 151 Å². The molecule has 1 aromatic carbocycles. The smallest absolute Gasteiger partial charge is 0.249 e. The zero-order valence-electron chi connectivity index (χ0n) is 14.5. The summed E-state index contributed by atoms with van der Waals surface area (Å²) in [5, 5.41) is 13.6. The zero-order valence-corrected chi connectivity index (χ0v) is 15.3. The third-order valence-corrected chi connectivity index (χ3v) is 5.88. The van der Waals surface area contributed by atoms with Crippen molar-refractivity contribution in [2.24, 2.45) is 0 Å². The summed E-state index contributed by atoms with van der Waals surface area (Å²) in [5.41, 5.74) is 1.43. The minimum absolute atomic E-state index is 0.110. The van der Waals surface area contributed by atoms with Crippen LogP contribution in [0.4, 0.5) is 23.1 Å². The molecule has 1 unspecified atom stereocenters. The molecule has 1 amide bonds. The predicted octanol–water partition coefficient (Wildman–Crippen LogP) is 1.20. The number of nitrogens with zero attached hydrogens (tertiary/aromatic N) is 4. The van der Waals surface area contributed by atoms with Gasteiger partial charge < -0.3 is 15.5 Å². The Hall–Kier alpha value is -2.75. The highest BCUT2D eigenvalue weighted by molar-refractivity contribution is 7.91. The van der Waals surface area contributed by atoms with E-state index < -0.39 is 9.84 Å². The average Bonchev–Trinajstić information content (AvgIpc) is 2.96. The van der Waals surface area contributed by atoms with E-state index in [4.69, 9.17) is 0 Å². The molecule has 138 valence electrons. The van der Waals surface area contributed by atoms with Gasteiger partial charge in [-0.3, -0.25) is 4.79 Å². The Morgan fingerprint density at radius 3 is 2.54 bits per heavy atom. The van der Waals surface area contributed by atoms with Crippen LogP contribution in [0.15, 0.2) is 30.5 Å². The van der Waals surface area contributed by atoms with Crippen LogP contribution in [-0.4, -0.2) is 54.1 Å². The van der Waals surface area contributed by atoms with E-state index >= 15 is 0 Å². The van der Waals surface area contributed by atoms with Crippen LogP contribution in [0.5, 0.6) is 0 Å². The molecule has 10 heteroatoms. The first kappa shape index (κ1) is 18.1. The Morgan fingerprint density at radius 2 is 1.92 bits per heavy atom. The van der Waals surface area contributed by atoms with E-state index in [-0.39, 0.29) is 23.5 Å². The van der Waals surface area contributed by atoms with Crippen LogP contribution in [0.1, 0.15) is 13.3 Å². The molecule has 0 radical (unpaired) electrons. The van der Waals surface area contributed by atoms with E-state index in [1.807, 2.05) is 11.9 Å². The number of rotatable bonds is 5. The molecule has 0 bridgehead atoms. The Balaban J connectivity index is 1.70. The SMILES string of the molecule is CC(=O)Nc1ccc(Nc2nncc(N(C)C3CCS(=O)(=O)C3)n2)cc1. The lowest BCUT2D eigenvalue weighted by molar-refractivity contribution is -0.114. The molecule has 0 aliphatic carbocycles. The maximum absolute atomic E-state index is 11.7. The van der Waals surface area contributed by atoms with E-state index in [0.29, 0.717) is 23.9 Å². The Morgan fingerprint density at radius 1 is 1.23 bits per heavy atom. The third-order valence-electron chi connectivity index (χ3n) is 4.13. The topological polar surface area (TPSA) is 117 Å². The summed E-state index contributed by atoms with van der Waals surface area (Å²) in [6.07, 6.45) is 2.09. The van der Waals surface area contributed by atoms with Gasteiger partial charge in [-0.15, -0.1) is 5.10 Å². The molecule has 1 atom stereocenters.